The summed E-state index contributed by atoms with van der Waals surface area (Å²) in [6, 6.07) is 11.3. The number of nitrogens with one attached hydrogen (secondary N) is 1. The lowest BCUT2D eigenvalue weighted by Crippen LogP contribution is -2.29. The lowest BCUT2D eigenvalue weighted by molar-refractivity contribution is -0.136. The molecular weight excluding hydrogens is 344 g/mol. The first-order valence-electron chi connectivity index (χ1n) is 8.97. The molecule has 1 unspecified atom stereocenters. The molecule has 3 heterocycles. The minimum atomic E-state index is -0.824. The average Bonchev–Trinajstić information content (AvgIpc) is 3.31. The monoisotopic (exact) mass is 364 g/mol. The Bertz CT molecular complexity index is 980. The van der Waals surface area contributed by atoms with Crippen LogP contribution >= 0.6 is 0 Å². The second-order valence-corrected chi connectivity index (χ2v) is 7.00. The molecule has 1 amide bonds. The molecule has 2 aromatic heterocycles. The number of aliphatic carboxylic acids is 1. The van der Waals surface area contributed by atoms with Crippen molar-refractivity contribution in [2.45, 2.75) is 19.3 Å². The summed E-state index contributed by atoms with van der Waals surface area (Å²) >= 11 is 0. The van der Waals surface area contributed by atoms with Crippen molar-refractivity contribution in [1.29, 1.82) is 0 Å². The molecule has 2 N–H and O–H groups in total. The fourth-order valence-electron chi connectivity index (χ4n) is 3.59. The Hall–Kier alpha value is -3.22. The van der Waals surface area contributed by atoms with Gasteiger partial charge < -0.3 is 10.0 Å². The summed E-state index contributed by atoms with van der Waals surface area (Å²) in [5, 5.41) is 16.5. The minimum absolute atomic E-state index is 0.0413. The Kier molecular flexibility index (Phi) is 4.58. The van der Waals surface area contributed by atoms with Crippen LogP contribution in [0.1, 0.15) is 28.0 Å². The summed E-state index contributed by atoms with van der Waals surface area (Å²) in [7, 11) is 0. The smallest absolute Gasteiger partial charge is 0.307 e. The molecule has 138 valence electrons. The molecule has 4 rings (SSSR count). The van der Waals surface area contributed by atoms with Gasteiger partial charge in [0.1, 0.15) is 5.69 Å². The molecule has 1 atom stereocenters. The van der Waals surface area contributed by atoms with Crippen LogP contribution in [-0.4, -0.2) is 50.2 Å². The van der Waals surface area contributed by atoms with E-state index in [1.165, 1.54) is 5.56 Å². The number of likely N-dealkylation sites (tertiary alicyclic amines) is 1. The number of fused-ring (bicyclic) bond motifs is 1. The average molecular weight is 364 g/mol. The molecule has 3 aromatic rings. The second-order valence-electron chi connectivity index (χ2n) is 7.00. The van der Waals surface area contributed by atoms with Crippen molar-refractivity contribution in [3.8, 4) is 0 Å². The van der Waals surface area contributed by atoms with Gasteiger partial charge in [0.25, 0.3) is 5.91 Å². The van der Waals surface area contributed by atoms with E-state index < -0.39 is 5.97 Å². The molecular formula is C20H20N4O3. The number of H-pyrrole nitrogens is 1. The van der Waals surface area contributed by atoms with Gasteiger partial charge in [0.05, 0.1) is 12.6 Å². The molecule has 7 nitrogen and oxygen atoms in total. The van der Waals surface area contributed by atoms with E-state index in [0.717, 1.165) is 30.3 Å². The summed E-state index contributed by atoms with van der Waals surface area (Å²) in [6.45, 7) is 1.43. The third kappa shape index (κ3) is 3.81. The molecule has 27 heavy (non-hydrogen) atoms. The summed E-state index contributed by atoms with van der Waals surface area (Å²) in [5.74, 6) is -0.476. The highest BCUT2D eigenvalue weighted by atomic mass is 16.4. The SMILES string of the molecule is O=C(O)Cc1ccc(CC2CCN(C(=O)c3ccc4cn[nH]c4n3)C2)cc1. The van der Waals surface area contributed by atoms with Crippen LogP contribution in [0.15, 0.2) is 42.6 Å². The van der Waals surface area contributed by atoms with Crippen LogP contribution < -0.4 is 0 Å². The van der Waals surface area contributed by atoms with E-state index in [2.05, 4.69) is 15.2 Å². The number of pyridine rings is 1. The molecule has 1 aliphatic rings. The first-order valence-corrected chi connectivity index (χ1v) is 8.97. The van der Waals surface area contributed by atoms with Gasteiger partial charge in [-0.05, 0) is 42.0 Å². The second kappa shape index (κ2) is 7.19. The largest absolute Gasteiger partial charge is 0.481 e. The Morgan fingerprint density at radius 1 is 1.15 bits per heavy atom. The van der Waals surface area contributed by atoms with Gasteiger partial charge in [0.15, 0.2) is 5.65 Å². The highest BCUT2D eigenvalue weighted by molar-refractivity contribution is 5.94. The van der Waals surface area contributed by atoms with Gasteiger partial charge in [0, 0.05) is 18.5 Å². The van der Waals surface area contributed by atoms with Crippen LogP contribution in [0.5, 0.6) is 0 Å². The normalized spacial score (nSPS) is 16.7. The number of aromatic amines is 1. The van der Waals surface area contributed by atoms with Gasteiger partial charge >= 0.3 is 5.97 Å². The number of rotatable bonds is 5. The molecule has 0 radical (unpaired) electrons. The van der Waals surface area contributed by atoms with E-state index in [0.29, 0.717) is 23.8 Å². The van der Waals surface area contributed by atoms with E-state index in [9.17, 15) is 9.59 Å². The Morgan fingerprint density at radius 2 is 1.93 bits per heavy atom. The van der Waals surface area contributed by atoms with Crippen LogP contribution in [0.4, 0.5) is 0 Å². The van der Waals surface area contributed by atoms with Crippen molar-refractivity contribution in [1.82, 2.24) is 20.1 Å². The maximum atomic E-state index is 12.7. The van der Waals surface area contributed by atoms with Gasteiger partial charge in [0.2, 0.25) is 0 Å². The predicted molar refractivity (Wildman–Crippen MR) is 99.4 cm³/mol. The van der Waals surface area contributed by atoms with Gasteiger partial charge in [-0.15, -0.1) is 0 Å². The van der Waals surface area contributed by atoms with Gasteiger partial charge in [-0.3, -0.25) is 14.7 Å². The topological polar surface area (TPSA) is 99.2 Å². The lowest BCUT2D eigenvalue weighted by Gasteiger charge is -2.16. The Labute approximate surface area is 156 Å². The van der Waals surface area contributed by atoms with Crippen LogP contribution in [0.3, 0.4) is 0 Å². The summed E-state index contributed by atoms with van der Waals surface area (Å²) in [5.41, 5.74) is 3.03. The molecule has 1 saturated heterocycles. The highest BCUT2D eigenvalue weighted by Crippen LogP contribution is 2.23. The number of hydrogen-bond acceptors (Lipinski definition) is 4. The van der Waals surface area contributed by atoms with E-state index in [1.54, 1.807) is 12.3 Å². The first kappa shape index (κ1) is 17.2. The predicted octanol–water partition coefficient (Wildman–Crippen LogP) is 2.29. The summed E-state index contributed by atoms with van der Waals surface area (Å²) in [4.78, 5) is 29.7. The summed E-state index contributed by atoms with van der Waals surface area (Å²) in [6.07, 6.45) is 3.56. The summed E-state index contributed by atoms with van der Waals surface area (Å²) < 4.78 is 0. The third-order valence-electron chi connectivity index (χ3n) is 5.00. The fraction of sp³-hybridized carbons (Fsp3) is 0.300. The van der Waals surface area contributed by atoms with Crippen LogP contribution in [0, 0.1) is 5.92 Å². The van der Waals surface area contributed by atoms with Crippen molar-refractivity contribution < 1.29 is 14.7 Å². The standard InChI is InChI=1S/C20H20N4O3/c25-18(26)10-14-3-1-13(2-4-14)9-15-7-8-24(12-15)20(27)17-6-5-16-11-21-23-19(16)22-17/h1-6,11,15H,7-10,12H2,(H,25,26)(H,21,22,23). The van der Waals surface area contributed by atoms with Crippen molar-refractivity contribution in [2.75, 3.05) is 13.1 Å². The fourth-order valence-corrected chi connectivity index (χ4v) is 3.59. The number of carbonyl (C=O) groups is 2. The van der Waals surface area contributed by atoms with E-state index in [-0.39, 0.29) is 12.3 Å². The molecule has 0 spiro atoms. The minimum Gasteiger partial charge on any atom is -0.481 e. The molecule has 0 saturated carbocycles. The van der Waals surface area contributed by atoms with Crippen molar-refractivity contribution in [3.63, 3.8) is 0 Å². The van der Waals surface area contributed by atoms with Crippen molar-refractivity contribution >= 4 is 22.9 Å². The maximum absolute atomic E-state index is 12.7. The lowest BCUT2D eigenvalue weighted by atomic mass is 9.97. The Morgan fingerprint density at radius 3 is 2.70 bits per heavy atom. The number of amides is 1. The van der Waals surface area contributed by atoms with Gasteiger partial charge in [-0.1, -0.05) is 24.3 Å². The van der Waals surface area contributed by atoms with Crippen molar-refractivity contribution in [3.05, 3.63) is 59.4 Å². The van der Waals surface area contributed by atoms with Crippen molar-refractivity contribution in [2.24, 2.45) is 5.92 Å². The number of benzene rings is 1. The molecule has 0 aliphatic carbocycles. The molecule has 0 bridgehead atoms. The zero-order valence-corrected chi connectivity index (χ0v) is 14.8. The number of nitrogens with zero attached hydrogens (tertiary/aromatic N) is 3. The van der Waals surface area contributed by atoms with Crippen LogP contribution in [-0.2, 0) is 17.6 Å². The molecule has 1 fully saturated rings. The van der Waals surface area contributed by atoms with E-state index in [4.69, 9.17) is 5.11 Å². The molecule has 1 aliphatic heterocycles. The highest BCUT2D eigenvalue weighted by Gasteiger charge is 2.27. The van der Waals surface area contributed by atoms with Crippen LogP contribution in [0.25, 0.3) is 11.0 Å². The number of aromatic nitrogens is 3. The van der Waals surface area contributed by atoms with E-state index >= 15 is 0 Å². The first-order chi connectivity index (χ1) is 13.1. The number of carboxylic acids is 1. The molecule has 1 aromatic carbocycles. The number of carboxylic acid groups (broad SMARTS) is 1. The molecule has 7 heteroatoms. The number of carbonyl (C=O) groups excluding carboxylic acids is 1. The number of hydrogen-bond donors (Lipinski definition) is 2. The quantitative estimate of drug-likeness (QED) is 0.724. The zero-order chi connectivity index (χ0) is 18.8. The van der Waals surface area contributed by atoms with Crippen LogP contribution in [0.2, 0.25) is 0 Å². The zero-order valence-electron chi connectivity index (χ0n) is 14.8. The third-order valence-corrected chi connectivity index (χ3v) is 5.00. The van der Waals surface area contributed by atoms with Gasteiger partial charge in [-0.25, -0.2) is 4.98 Å². The maximum Gasteiger partial charge on any atom is 0.307 e. The van der Waals surface area contributed by atoms with Gasteiger partial charge in [-0.2, -0.15) is 5.10 Å². The van der Waals surface area contributed by atoms with E-state index in [1.807, 2.05) is 35.2 Å². The Balaban J connectivity index is 1.37.